The molecule has 0 aliphatic carbocycles. The number of benzene rings is 10. The van der Waals surface area contributed by atoms with Gasteiger partial charge in [-0.15, -0.1) is 0 Å². The molecule has 11 rings (SSSR count). The maximum Gasteiger partial charge on any atom is 0.227 e. The van der Waals surface area contributed by atoms with E-state index in [1.54, 1.807) is 0 Å². The first-order valence-electron chi connectivity index (χ1n) is 20.4. The van der Waals surface area contributed by atoms with Crippen LogP contribution in [0.3, 0.4) is 0 Å². The molecule has 0 spiro atoms. The largest absolute Gasteiger partial charge is 0.436 e. The number of hydrogen-bond acceptors (Lipinski definition) is 3. The third-order valence-electron chi connectivity index (χ3n) is 11.5. The molecule has 0 radical (unpaired) electrons. The van der Waals surface area contributed by atoms with Gasteiger partial charge in [0, 0.05) is 27.8 Å². The van der Waals surface area contributed by atoms with E-state index >= 15 is 0 Å². The van der Waals surface area contributed by atoms with Gasteiger partial charge in [0.15, 0.2) is 5.58 Å². The van der Waals surface area contributed by atoms with Crippen molar-refractivity contribution < 1.29 is 4.42 Å². The van der Waals surface area contributed by atoms with E-state index in [1.165, 1.54) is 27.5 Å². The molecule has 0 bridgehead atoms. The fraction of sp³-hybridized carbons (Fsp3) is 0. The summed E-state index contributed by atoms with van der Waals surface area (Å²) < 4.78 is 6.39. The number of oxazole rings is 1. The molecule has 282 valence electrons. The van der Waals surface area contributed by atoms with Crippen LogP contribution in [0, 0.1) is 0 Å². The van der Waals surface area contributed by atoms with E-state index in [0.29, 0.717) is 5.89 Å². The van der Waals surface area contributed by atoms with Crippen LogP contribution in [0.2, 0.25) is 0 Å². The zero-order chi connectivity index (χ0) is 39.8. The molecule has 0 aliphatic rings. The highest BCUT2D eigenvalue weighted by atomic mass is 16.3. The zero-order valence-electron chi connectivity index (χ0n) is 32.7. The molecule has 0 saturated heterocycles. The summed E-state index contributed by atoms with van der Waals surface area (Å²) in [4.78, 5) is 7.55. The van der Waals surface area contributed by atoms with Gasteiger partial charge in [-0.25, -0.2) is 4.98 Å². The lowest BCUT2D eigenvalue weighted by Gasteiger charge is -2.31. The lowest BCUT2D eigenvalue weighted by atomic mass is 9.90. The maximum atomic E-state index is 6.39. The summed E-state index contributed by atoms with van der Waals surface area (Å²) in [7, 11) is 0. The smallest absolute Gasteiger partial charge is 0.227 e. The van der Waals surface area contributed by atoms with Gasteiger partial charge in [-0.2, -0.15) is 0 Å². The average Bonchev–Trinajstić information content (AvgIpc) is 3.78. The van der Waals surface area contributed by atoms with E-state index in [4.69, 9.17) is 9.40 Å². The standard InChI is InChI=1S/C57H38N2O/c1-4-16-39(17-5-1)40-32-35-46(36-33-40)59(52-28-13-12-25-50(52)49-27-14-23-41-20-10-11-24-47(41)49)53-29-15-26-48(42-18-6-2-7-19-42)55(53)45-31-30-43-34-37-54-56(51(43)38-45)58-57(60-54)44-21-8-3-9-22-44/h1-38H. The predicted octanol–water partition coefficient (Wildman–Crippen LogP) is 15.9. The summed E-state index contributed by atoms with van der Waals surface area (Å²) >= 11 is 0. The highest BCUT2D eigenvalue weighted by molar-refractivity contribution is 6.08. The van der Waals surface area contributed by atoms with Crippen LogP contribution in [0.15, 0.2) is 235 Å². The van der Waals surface area contributed by atoms with Gasteiger partial charge in [0.2, 0.25) is 5.89 Å². The van der Waals surface area contributed by atoms with E-state index in [-0.39, 0.29) is 0 Å². The Kier molecular flexibility index (Phi) is 8.83. The second-order valence-corrected chi connectivity index (χ2v) is 15.1. The minimum atomic E-state index is 0.615. The summed E-state index contributed by atoms with van der Waals surface area (Å²) in [5, 5.41) is 4.57. The van der Waals surface area contributed by atoms with Gasteiger partial charge in [0.25, 0.3) is 0 Å². The van der Waals surface area contributed by atoms with Crippen LogP contribution in [0.1, 0.15) is 0 Å². The fourth-order valence-electron chi connectivity index (χ4n) is 8.66. The Morgan fingerprint density at radius 1 is 0.350 bits per heavy atom. The molecule has 10 aromatic carbocycles. The number of rotatable bonds is 8. The van der Waals surface area contributed by atoms with Gasteiger partial charge in [0.1, 0.15) is 5.52 Å². The third kappa shape index (κ3) is 6.30. The van der Waals surface area contributed by atoms with Gasteiger partial charge in [-0.1, -0.05) is 182 Å². The molecule has 3 heteroatoms. The number of aromatic nitrogens is 1. The molecule has 60 heavy (non-hydrogen) atoms. The SMILES string of the molecule is c1ccc(-c2ccc(N(c3ccccc3-c3cccc4ccccc34)c3cccc(-c4ccccc4)c3-c3ccc4ccc5oc(-c6ccccc6)nc5c4c3)cc2)cc1. The Bertz CT molecular complexity index is 3290. The van der Waals surface area contributed by atoms with Crippen LogP contribution in [-0.2, 0) is 0 Å². The molecule has 0 unspecified atom stereocenters. The Morgan fingerprint density at radius 2 is 0.900 bits per heavy atom. The minimum Gasteiger partial charge on any atom is -0.436 e. The Labute approximate surface area is 349 Å². The topological polar surface area (TPSA) is 29.3 Å². The van der Waals surface area contributed by atoms with Crippen LogP contribution in [-0.4, -0.2) is 4.98 Å². The first kappa shape index (κ1) is 35.2. The molecule has 11 aromatic rings. The molecule has 0 amide bonds. The first-order chi connectivity index (χ1) is 29.8. The van der Waals surface area contributed by atoms with E-state index in [1.807, 2.05) is 36.4 Å². The summed E-state index contributed by atoms with van der Waals surface area (Å²) in [6, 6.07) is 82.1. The Morgan fingerprint density at radius 3 is 1.70 bits per heavy atom. The molecule has 0 atom stereocenters. The average molecular weight is 767 g/mol. The first-order valence-corrected chi connectivity index (χ1v) is 20.4. The second-order valence-electron chi connectivity index (χ2n) is 15.1. The molecule has 0 saturated carbocycles. The monoisotopic (exact) mass is 766 g/mol. The molecule has 0 fully saturated rings. The van der Waals surface area contributed by atoms with Crippen molar-refractivity contribution in [2.24, 2.45) is 0 Å². The molecule has 1 aromatic heterocycles. The van der Waals surface area contributed by atoms with Crippen LogP contribution in [0.4, 0.5) is 17.1 Å². The van der Waals surface area contributed by atoms with Gasteiger partial charge in [-0.05, 0) is 98.1 Å². The van der Waals surface area contributed by atoms with Crippen molar-refractivity contribution >= 4 is 49.7 Å². The maximum absolute atomic E-state index is 6.39. The Hall–Kier alpha value is -8.01. The van der Waals surface area contributed by atoms with Gasteiger partial charge in [-0.3, -0.25) is 0 Å². The van der Waals surface area contributed by atoms with Crippen LogP contribution < -0.4 is 4.90 Å². The summed E-state index contributed by atoms with van der Waals surface area (Å²) in [5.74, 6) is 0.615. The molecule has 0 N–H and O–H groups in total. The summed E-state index contributed by atoms with van der Waals surface area (Å²) in [6.07, 6.45) is 0. The van der Waals surface area contributed by atoms with E-state index < -0.39 is 0 Å². The molecular formula is C57H38N2O. The highest BCUT2D eigenvalue weighted by Crippen LogP contribution is 2.49. The fourth-order valence-corrected chi connectivity index (χ4v) is 8.66. The van der Waals surface area contributed by atoms with Gasteiger partial charge in [0.05, 0.1) is 11.4 Å². The Balaban J connectivity index is 1.18. The van der Waals surface area contributed by atoms with Crippen LogP contribution >= 0.6 is 0 Å². The molecule has 0 aliphatic heterocycles. The molecule has 3 nitrogen and oxygen atoms in total. The number of hydrogen-bond donors (Lipinski definition) is 0. The van der Waals surface area contributed by atoms with E-state index in [0.717, 1.165) is 72.3 Å². The molecule has 1 heterocycles. The summed E-state index contributed by atoms with van der Waals surface area (Å²) in [6.45, 7) is 0. The van der Waals surface area contributed by atoms with Crippen molar-refractivity contribution in [2.75, 3.05) is 4.90 Å². The molecular weight excluding hydrogens is 729 g/mol. The normalized spacial score (nSPS) is 11.3. The van der Waals surface area contributed by atoms with Gasteiger partial charge < -0.3 is 9.32 Å². The predicted molar refractivity (Wildman–Crippen MR) is 251 cm³/mol. The van der Waals surface area contributed by atoms with E-state index in [9.17, 15) is 0 Å². The number of nitrogens with zero attached hydrogens (tertiary/aromatic N) is 2. The third-order valence-corrected chi connectivity index (χ3v) is 11.5. The quantitative estimate of drug-likeness (QED) is 0.154. The zero-order valence-corrected chi connectivity index (χ0v) is 32.7. The van der Waals surface area contributed by atoms with Crippen molar-refractivity contribution in [3.63, 3.8) is 0 Å². The van der Waals surface area contributed by atoms with Crippen molar-refractivity contribution in [1.29, 1.82) is 0 Å². The second kappa shape index (κ2) is 15.1. The van der Waals surface area contributed by atoms with Crippen LogP contribution in [0.25, 0.3) is 88.6 Å². The van der Waals surface area contributed by atoms with Crippen molar-refractivity contribution in [3.05, 3.63) is 231 Å². The lowest BCUT2D eigenvalue weighted by molar-refractivity contribution is 0.620. The number of anilines is 3. The van der Waals surface area contributed by atoms with Crippen molar-refractivity contribution in [1.82, 2.24) is 4.98 Å². The van der Waals surface area contributed by atoms with Crippen molar-refractivity contribution in [3.8, 4) is 56.0 Å². The lowest BCUT2D eigenvalue weighted by Crippen LogP contribution is -2.13. The summed E-state index contributed by atoms with van der Waals surface area (Å²) in [5.41, 5.74) is 14.9. The minimum absolute atomic E-state index is 0.615. The van der Waals surface area contributed by atoms with Crippen LogP contribution in [0.5, 0.6) is 0 Å². The van der Waals surface area contributed by atoms with Crippen molar-refractivity contribution in [2.45, 2.75) is 0 Å². The number of fused-ring (bicyclic) bond motifs is 4. The highest BCUT2D eigenvalue weighted by Gasteiger charge is 2.24. The van der Waals surface area contributed by atoms with E-state index in [2.05, 4.69) is 199 Å². The van der Waals surface area contributed by atoms with Gasteiger partial charge >= 0.3 is 0 Å². The number of para-hydroxylation sites is 1.